The quantitative estimate of drug-likeness (QED) is 0.329. The summed E-state index contributed by atoms with van der Waals surface area (Å²) in [6.45, 7) is 3.56. The lowest BCUT2D eigenvalue weighted by Gasteiger charge is -2.14. The number of hydrogen-bond acceptors (Lipinski definition) is 4. The van der Waals surface area contributed by atoms with Crippen molar-refractivity contribution in [3.05, 3.63) is 84.4 Å². The van der Waals surface area contributed by atoms with Crippen molar-refractivity contribution >= 4 is 17.3 Å². The van der Waals surface area contributed by atoms with Gasteiger partial charge in [0.15, 0.2) is 0 Å². The van der Waals surface area contributed by atoms with Crippen molar-refractivity contribution < 1.29 is 14.3 Å². The minimum absolute atomic E-state index is 0.130. The molecule has 5 nitrogen and oxygen atoms in total. The van der Waals surface area contributed by atoms with E-state index in [0.717, 1.165) is 48.6 Å². The van der Waals surface area contributed by atoms with E-state index in [1.54, 1.807) is 0 Å². The normalized spacial score (nSPS) is 10.4. The van der Waals surface area contributed by atoms with E-state index in [2.05, 4.69) is 41.8 Å². The van der Waals surface area contributed by atoms with Gasteiger partial charge >= 0.3 is 0 Å². The Balaban J connectivity index is 1.45. The smallest absolute Gasteiger partial charge is 0.243 e. The molecule has 0 aliphatic rings. The van der Waals surface area contributed by atoms with Crippen LogP contribution in [0, 0.1) is 0 Å². The summed E-state index contributed by atoms with van der Waals surface area (Å²) >= 11 is 0. The van der Waals surface area contributed by atoms with Crippen molar-refractivity contribution in [2.45, 2.75) is 32.6 Å². The maximum atomic E-state index is 12.4. The van der Waals surface area contributed by atoms with Crippen molar-refractivity contribution in [1.29, 1.82) is 0 Å². The maximum Gasteiger partial charge on any atom is 0.243 e. The Labute approximate surface area is 190 Å². The highest BCUT2D eigenvalue weighted by molar-refractivity contribution is 5.94. The number of rotatable bonds is 13. The lowest BCUT2D eigenvalue weighted by molar-refractivity contribution is -0.114. The van der Waals surface area contributed by atoms with E-state index in [4.69, 9.17) is 9.47 Å². The molecule has 0 atom stereocenters. The predicted molar refractivity (Wildman–Crippen MR) is 131 cm³/mol. The molecule has 5 heteroatoms. The molecule has 2 N–H and O–H groups in total. The Kier molecular flexibility index (Phi) is 9.46. The van der Waals surface area contributed by atoms with Gasteiger partial charge in [0.25, 0.3) is 0 Å². The van der Waals surface area contributed by atoms with E-state index in [1.165, 1.54) is 5.56 Å². The SMILES string of the molecule is CCCCOc1cccc(NC(=O)CNc2ccccc2OCCCc2ccccc2)c1. The van der Waals surface area contributed by atoms with Crippen LogP contribution in [0.2, 0.25) is 0 Å². The highest BCUT2D eigenvalue weighted by Gasteiger charge is 2.07. The highest BCUT2D eigenvalue weighted by Crippen LogP contribution is 2.24. The molecule has 0 saturated heterocycles. The molecule has 0 spiro atoms. The molecular weight excluding hydrogens is 400 g/mol. The van der Waals surface area contributed by atoms with Gasteiger partial charge in [-0.05, 0) is 49.1 Å². The molecule has 0 aliphatic heterocycles. The van der Waals surface area contributed by atoms with Crippen molar-refractivity contribution in [2.24, 2.45) is 0 Å². The molecule has 0 unspecified atom stereocenters. The number of benzene rings is 3. The minimum Gasteiger partial charge on any atom is -0.494 e. The third-order valence-corrected chi connectivity index (χ3v) is 4.92. The van der Waals surface area contributed by atoms with Crippen molar-refractivity contribution in [1.82, 2.24) is 0 Å². The average Bonchev–Trinajstić information content (AvgIpc) is 2.82. The molecule has 3 rings (SSSR count). The Hall–Kier alpha value is -3.47. The molecular formula is C27H32N2O3. The largest absolute Gasteiger partial charge is 0.494 e. The number of para-hydroxylation sites is 2. The van der Waals surface area contributed by atoms with Crippen LogP contribution in [0.15, 0.2) is 78.9 Å². The molecule has 3 aromatic rings. The number of amides is 1. The molecule has 32 heavy (non-hydrogen) atoms. The summed E-state index contributed by atoms with van der Waals surface area (Å²) < 4.78 is 11.7. The first kappa shape index (κ1) is 23.2. The number of carbonyl (C=O) groups excluding carboxylic acids is 1. The van der Waals surface area contributed by atoms with Crippen molar-refractivity contribution in [2.75, 3.05) is 30.4 Å². The van der Waals surface area contributed by atoms with Gasteiger partial charge in [-0.1, -0.05) is 61.9 Å². The third-order valence-electron chi connectivity index (χ3n) is 4.92. The van der Waals surface area contributed by atoms with Gasteiger partial charge in [-0.25, -0.2) is 0 Å². The van der Waals surface area contributed by atoms with Crippen LogP contribution in [0.4, 0.5) is 11.4 Å². The van der Waals surface area contributed by atoms with Gasteiger partial charge in [0.05, 0.1) is 25.4 Å². The molecule has 0 heterocycles. The van der Waals surface area contributed by atoms with E-state index in [0.29, 0.717) is 13.2 Å². The van der Waals surface area contributed by atoms with Gasteiger partial charge in [0, 0.05) is 11.8 Å². The fourth-order valence-electron chi connectivity index (χ4n) is 3.22. The lowest BCUT2D eigenvalue weighted by atomic mass is 10.1. The summed E-state index contributed by atoms with van der Waals surface area (Å²) in [5.74, 6) is 1.38. The highest BCUT2D eigenvalue weighted by atomic mass is 16.5. The lowest BCUT2D eigenvalue weighted by Crippen LogP contribution is -2.22. The number of aryl methyl sites for hydroxylation is 1. The van der Waals surface area contributed by atoms with E-state index in [9.17, 15) is 4.79 Å². The van der Waals surface area contributed by atoms with Gasteiger partial charge in [0.2, 0.25) is 5.91 Å². The van der Waals surface area contributed by atoms with Crippen LogP contribution in [0.25, 0.3) is 0 Å². The molecule has 0 fully saturated rings. The fourth-order valence-corrected chi connectivity index (χ4v) is 3.22. The average molecular weight is 433 g/mol. The van der Waals surface area contributed by atoms with Crippen LogP contribution in [-0.4, -0.2) is 25.7 Å². The van der Waals surface area contributed by atoms with E-state index < -0.39 is 0 Å². The van der Waals surface area contributed by atoms with E-state index in [1.807, 2.05) is 54.6 Å². The summed E-state index contributed by atoms with van der Waals surface area (Å²) in [5, 5.41) is 6.09. The summed E-state index contributed by atoms with van der Waals surface area (Å²) in [6, 6.07) is 25.5. The second kappa shape index (κ2) is 13.1. The summed E-state index contributed by atoms with van der Waals surface area (Å²) in [5.41, 5.74) is 2.83. The Morgan fingerprint density at radius 3 is 2.47 bits per heavy atom. The second-order valence-corrected chi connectivity index (χ2v) is 7.57. The van der Waals surface area contributed by atoms with Gasteiger partial charge in [0.1, 0.15) is 11.5 Å². The first-order valence-electron chi connectivity index (χ1n) is 11.3. The Morgan fingerprint density at radius 1 is 0.844 bits per heavy atom. The van der Waals surface area contributed by atoms with Crippen LogP contribution in [0.1, 0.15) is 31.7 Å². The van der Waals surface area contributed by atoms with Gasteiger partial charge < -0.3 is 20.1 Å². The van der Waals surface area contributed by atoms with E-state index in [-0.39, 0.29) is 12.5 Å². The predicted octanol–water partition coefficient (Wildman–Crippen LogP) is 5.93. The molecule has 0 bridgehead atoms. The molecule has 0 aromatic heterocycles. The first-order valence-corrected chi connectivity index (χ1v) is 11.3. The van der Waals surface area contributed by atoms with E-state index >= 15 is 0 Å². The van der Waals surface area contributed by atoms with Crippen LogP contribution in [-0.2, 0) is 11.2 Å². The number of carbonyl (C=O) groups is 1. The maximum absolute atomic E-state index is 12.4. The molecule has 168 valence electrons. The van der Waals surface area contributed by atoms with Gasteiger partial charge in [-0.2, -0.15) is 0 Å². The van der Waals surface area contributed by atoms with Crippen LogP contribution >= 0.6 is 0 Å². The van der Waals surface area contributed by atoms with Crippen molar-refractivity contribution in [3.8, 4) is 11.5 Å². The Morgan fingerprint density at radius 2 is 1.62 bits per heavy atom. The molecule has 0 radical (unpaired) electrons. The standard InChI is InChI=1S/C27H32N2O3/c1-2-3-18-31-24-15-9-14-23(20-24)29-27(30)21-28-25-16-7-8-17-26(25)32-19-10-13-22-11-5-4-6-12-22/h4-9,11-12,14-17,20,28H,2-3,10,13,18-19,21H2,1H3,(H,29,30). The number of nitrogens with one attached hydrogen (secondary N) is 2. The fraction of sp³-hybridized carbons (Fsp3) is 0.296. The second-order valence-electron chi connectivity index (χ2n) is 7.57. The molecule has 0 aliphatic carbocycles. The van der Waals surface area contributed by atoms with Crippen LogP contribution < -0.4 is 20.1 Å². The molecule has 0 saturated carbocycles. The Bertz CT molecular complexity index is 960. The van der Waals surface area contributed by atoms with Gasteiger partial charge in [-0.3, -0.25) is 4.79 Å². The zero-order chi connectivity index (χ0) is 22.4. The topological polar surface area (TPSA) is 59.6 Å². The molecule has 1 amide bonds. The molecule has 3 aromatic carbocycles. The monoisotopic (exact) mass is 432 g/mol. The number of anilines is 2. The van der Waals surface area contributed by atoms with Crippen LogP contribution in [0.5, 0.6) is 11.5 Å². The number of hydrogen-bond donors (Lipinski definition) is 2. The summed E-state index contributed by atoms with van der Waals surface area (Å²) in [4.78, 5) is 12.4. The zero-order valence-corrected chi connectivity index (χ0v) is 18.7. The minimum atomic E-state index is -0.130. The van der Waals surface area contributed by atoms with Crippen LogP contribution in [0.3, 0.4) is 0 Å². The van der Waals surface area contributed by atoms with Crippen molar-refractivity contribution in [3.63, 3.8) is 0 Å². The summed E-state index contributed by atoms with van der Waals surface area (Å²) in [6.07, 6.45) is 3.99. The zero-order valence-electron chi connectivity index (χ0n) is 18.7. The summed E-state index contributed by atoms with van der Waals surface area (Å²) in [7, 11) is 0. The van der Waals surface area contributed by atoms with Gasteiger partial charge in [-0.15, -0.1) is 0 Å². The number of unbranched alkanes of at least 4 members (excludes halogenated alkanes) is 1. The first-order chi connectivity index (χ1) is 15.7. The number of ether oxygens (including phenoxy) is 2. The third kappa shape index (κ3) is 7.99.